The van der Waals surface area contributed by atoms with Crippen LogP contribution < -0.4 is 11.1 Å². The second-order valence-corrected chi connectivity index (χ2v) is 4.79. The highest BCUT2D eigenvalue weighted by Gasteiger charge is 2.27. The molecule has 86 valence electrons. The van der Waals surface area contributed by atoms with Gasteiger partial charge in [-0.25, -0.2) is 0 Å². The first-order valence-corrected chi connectivity index (χ1v) is 5.76. The zero-order valence-electron chi connectivity index (χ0n) is 9.16. The normalized spacial score (nSPS) is 23.7. The molecule has 0 unspecified atom stereocenters. The predicted molar refractivity (Wildman–Crippen MR) is 64.7 cm³/mol. The van der Waals surface area contributed by atoms with E-state index in [1.807, 2.05) is 13.0 Å². The largest absolute Gasteiger partial charge is 0.349 e. The molecular weight excluding hydrogens is 224 g/mol. The van der Waals surface area contributed by atoms with Crippen LogP contribution in [0.5, 0.6) is 0 Å². The van der Waals surface area contributed by atoms with E-state index < -0.39 is 0 Å². The molecule has 0 heterocycles. The van der Waals surface area contributed by atoms with E-state index in [2.05, 4.69) is 5.32 Å². The number of hydrogen-bond acceptors (Lipinski definition) is 2. The van der Waals surface area contributed by atoms with Crippen molar-refractivity contribution < 1.29 is 4.79 Å². The number of aryl methyl sites for hydroxylation is 1. The van der Waals surface area contributed by atoms with Gasteiger partial charge in [0, 0.05) is 12.1 Å². The van der Waals surface area contributed by atoms with Gasteiger partial charge in [-0.05, 0) is 37.5 Å². The summed E-state index contributed by atoms with van der Waals surface area (Å²) in [5, 5.41) is 3.42. The van der Waals surface area contributed by atoms with E-state index in [9.17, 15) is 4.79 Å². The Morgan fingerprint density at radius 1 is 1.50 bits per heavy atom. The maximum atomic E-state index is 11.9. The molecule has 0 atom stereocenters. The van der Waals surface area contributed by atoms with Crippen LogP contribution >= 0.6 is 11.6 Å². The minimum absolute atomic E-state index is 0.109. The molecule has 0 saturated heterocycles. The number of nitrogens with two attached hydrogens (primary N) is 1. The van der Waals surface area contributed by atoms with E-state index in [1.54, 1.807) is 12.1 Å². The summed E-state index contributed by atoms with van der Waals surface area (Å²) in [5.41, 5.74) is 7.24. The van der Waals surface area contributed by atoms with Crippen LogP contribution in [0, 0.1) is 6.92 Å². The van der Waals surface area contributed by atoms with Gasteiger partial charge >= 0.3 is 0 Å². The molecule has 16 heavy (non-hydrogen) atoms. The fourth-order valence-electron chi connectivity index (χ4n) is 1.85. The molecule has 0 spiro atoms. The van der Waals surface area contributed by atoms with Crippen LogP contribution in [0.4, 0.5) is 0 Å². The first-order chi connectivity index (χ1) is 7.56. The summed E-state index contributed by atoms with van der Waals surface area (Å²) < 4.78 is 0. The van der Waals surface area contributed by atoms with Gasteiger partial charge in [0.15, 0.2) is 0 Å². The first-order valence-electron chi connectivity index (χ1n) is 5.39. The summed E-state index contributed by atoms with van der Waals surface area (Å²) in [5.74, 6) is -0.109. The minimum Gasteiger partial charge on any atom is -0.349 e. The van der Waals surface area contributed by atoms with Crippen molar-refractivity contribution in [2.75, 3.05) is 0 Å². The van der Waals surface area contributed by atoms with Crippen LogP contribution in [0.1, 0.15) is 28.8 Å². The lowest BCUT2D eigenvalue weighted by Crippen LogP contribution is -2.50. The monoisotopic (exact) mass is 238 g/mol. The average Bonchev–Trinajstić information content (AvgIpc) is 2.15. The van der Waals surface area contributed by atoms with Crippen LogP contribution in [-0.2, 0) is 0 Å². The van der Waals surface area contributed by atoms with Gasteiger partial charge in [-0.1, -0.05) is 17.7 Å². The summed E-state index contributed by atoms with van der Waals surface area (Å²) >= 11 is 6.01. The minimum atomic E-state index is -0.109. The second kappa shape index (κ2) is 4.44. The van der Waals surface area contributed by atoms with Gasteiger partial charge in [0.25, 0.3) is 5.91 Å². The molecule has 0 radical (unpaired) electrons. The quantitative estimate of drug-likeness (QED) is 0.827. The predicted octanol–water partition coefficient (Wildman–Crippen LogP) is 1.87. The molecule has 0 bridgehead atoms. The van der Waals surface area contributed by atoms with Crippen molar-refractivity contribution in [2.45, 2.75) is 31.8 Å². The van der Waals surface area contributed by atoms with Gasteiger partial charge in [0.2, 0.25) is 0 Å². The first kappa shape index (κ1) is 11.4. The van der Waals surface area contributed by atoms with Gasteiger partial charge in [-0.3, -0.25) is 4.79 Å². The van der Waals surface area contributed by atoms with Crippen molar-refractivity contribution in [3.05, 3.63) is 34.3 Å². The Morgan fingerprint density at radius 2 is 2.19 bits per heavy atom. The molecule has 3 N–H and O–H groups in total. The molecule has 2 rings (SSSR count). The lowest BCUT2D eigenvalue weighted by molar-refractivity contribution is 0.0910. The number of carbonyl (C=O) groups excluding carboxylic acids is 1. The summed E-state index contributed by atoms with van der Waals surface area (Å²) in [6.45, 7) is 1.94. The van der Waals surface area contributed by atoms with E-state index in [4.69, 9.17) is 17.3 Å². The second-order valence-electron chi connectivity index (χ2n) is 4.39. The Kier molecular flexibility index (Phi) is 3.17. The third-order valence-electron chi connectivity index (χ3n) is 2.88. The highest BCUT2D eigenvalue weighted by Crippen LogP contribution is 2.21. The van der Waals surface area contributed by atoms with Gasteiger partial charge < -0.3 is 11.1 Å². The van der Waals surface area contributed by atoms with Crippen LogP contribution in [0.25, 0.3) is 0 Å². The fraction of sp³-hybridized carbons (Fsp3) is 0.417. The lowest BCUT2D eigenvalue weighted by atomic mass is 9.87. The maximum absolute atomic E-state index is 11.9. The Hall–Kier alpha value is -1.06. The summed E-state index contributed by atoms with van der Waals surface area (Å²) in [6.07, 6.45) is 1.71. The van der Waals surface area contributed by atoms with Crippen molar-refractivity contribution in [3.63, 3.8) is 0 Å². The number of benzene rings is 1. The van der Waals surface area contributed by atoms with Crippen LogP contribution in [-0.4, -0.2) is 18.0 Å². The van der Waals surface area contributed by atoms with Gasteiger partial charge in [-0.15, -0.1) is 0 Å². The molecule has 1 aromatic rings. The molecule has 1 saturated carbocycles. The van der Waals surface area contributed by atoms with E-state index in [1.165, 1.54) is 0 Å². The van der Waals surface area contributed by atoms with E-state index in [0.717, 1.165) is 18.4 Å². The number of halogens is 1. The molecule has 1 aromatic carbocycles. The lowest BCUT2D eigenvalue weighted by Gasteiger charge is -2.33. The third kappa shape index (κ3) is 2.36. The van der Waals surface area contributed by atoms with Crippen molar-refractivity contribution in [1.82, 2.24) is 5.32 Å². The smallest absolute Gasteiger partial charge is 0.253 e. The fourth-order valence-corrected chi connectivity index (χ4v) is 2.17. The molecule has 3 nitrogen and oxygen atoms in total. The number of nitrogens with one attached hydrogen (secondary N) is 1. The van der Waals surface area contributed by atoms with Crippen molar-refractivity contribution in [1.29, 1.82) is 0 Å². The van der Waals surface area contributed by atoms with Gasteiger partial charge in [0.1, 0.15) is 0 Å². The Morgan fingerprint density at radius 3 is 2.75 bits per heavy atom. The van der Waals surface area contributed by atoms with Crippen molar-refractivity contribution in [2.24, 2.45) is 5.73 Å². The Balaban J connectivity index is 2.03. The Labute approximate surface area is 100.0 Å². The van der Waals surface area contributed by atoms with Gasteiger partial charge in [-0.2, -0.15) is 0 Å². The molecule has 1 fully saturated rings. The molecule has 1 amide bonds. The summed E-state index contributed by atoms with van der Waals surface area (Å²) in [4.78, 5) is 11.9. The molecule has 0 aliphatic heterocycles. The van der Waals surface area contributed by atoms with E-state index in [0.29, 0.717) is 10.6 Å². The molecular formula is C12H15ClN2O. The number of rotatable bonds is 2. The highest BCUT2D eigenvalue weighted by atomic mass is 35.5. The zero-order chi connectivity index (χ0) is 11.7. The molecule has 4 heteroatoms. The molecule has 1 aliphatic carbocycles. The van der Waals surface area contributed by atoms with Crippen LogP contribution in [0.2, 0.25) is 5.02 Å². The summed E-state index contributed by atoms with van der Waals surface area (Å²) in [7, 11) is 0. The number of carbonyl (C=O) groups is 1. The average molecular weight is 239 g/mol. The van der Waals surface area contributed by atoms with Crippen molar-refractivity contribution in [3.8, 4) is 0 Å². The zero-order valence-corrected chi connectivity index (χ0v) is 9.92. The van der Waals surface area contributed by atoms with E-state index >= 15 is 0 Å². The number of amides is 1. The van der Waals surface area contributed by atoms with Crippen molar-refractivity contribution >= 4 is 17.5 Å². The maximum Gasteiger partial charge on any atom is 0.253 e. The third-order valence-corrected chi connectivity index (χ3v) is 3.19. The molecule has 0 aromatic heterocycles. The summed E-state index contributed by atoms with van der Waals surface area (Å²) in [6, 6.07) is 5.88. The van der Waals surface area contributed by atoms with Crippen LogP contribution in [0.3, 0.4) is 0 Å². The Bertz CT molecular complexity index is 413. The standard InChI is InChI=1S/C12H15ClN2O/c1-7-2-3-10(11(13)4-7)12(16)15-9-5-8(14)6-9/h2-4,8-9H,5-6,14H2,1H3,(H,15,16). The van der Waals surface area contributed by atoms with E-state index in [-0.39, 0.29) is 18.0 Å². The van der Waals surface area contributed by atoms with Crippen LogP contribution in [0.15, 0.2) is 18.2 Å². The highest BCUT2D eigenvalue weighted by molar-refractivity contribution is 6.33. The van der Waals surface area contributed by atoms with Gasteiger partial charge in [0.05, 0.1) is 10.6 Å². The topological polar surface area (TPSA) is 55.1 Å². The SMILES string of the molecule is Cc1ccc(C(=O)NC2CC(N)C2)c(Cl)c1. The molecule has 1 aliphatic rings. The number of hydrogen-bond donors (Lipinski definition) is 2.